The monoisotopic (exact) mass is 242 g/mol. The van der Waals surface area contributed by atoms with Gasteiger partial charge in [-0.25, -0.2) is 0 Å². The number of rotatable bonds is 3. The number of fused-ring (bicyclic) bond motifs is 1. The highest BCUT2D eigenvalue weighted by Gasteiger charge is 2.18. The first-order valence-corrected chi connectivity index (χ1v) is 6.48. The minimum absolute atomic E-state index is 0.431. The number of halogens is 1. The SMILES string of the molecule is CCc1oc2ccccc2c1CS(=O)(=O)F. The van der Waals surface area contributed by atoms with Gasteiger partial charge in [0.05, 0.1) is 0 Å². The molecule has 3 nitrogen and oxygen atoms in total. The van der Waals surface area contributed by atoms with Crippen molar-refractivity contribution in [3.8, 4) is 0 Å². The summed E-state index contributed by atoms with van der Waals surface area (Å²) >= 11 is 0. The molecule has 86 valence electrons. The van der Waals surface area contributed by atoms with E-state index in [-0.39, 0.29) is 0 Å². The van der Waals surface area contributed by atoms with Crippen molar-refractivity contribution in [2.45, 2.75) is 19.1 Å². The highest BCUT2D eigenvalue weighted by molar-refractivity contribution is 7.85. The van der Waals surface area contributed by atoms with Gasteiger partial charge in [-0.3, -0.25) is 0 Å². The summed E-state index contributed by atoms with van der Waals surface area (Å²) in [5.41, 5.74) is 1.03. The Morgan fingerprint density at radius 3 is 2.62 bits per heavy atom. The van der Waals surface area contributed by atoms with Crippen molar-refractivity contribution in [3.63, 3.8) is 0 Å². The molecule has 0 fully saturated rings. The fourth-order valence-electron chi connectivity index (χ4n) is 1.77. The van der Waals surface area contributed by atoms with Crippen LogP contribution in [0.25, 0.3) is 11.0 Å². The van der Waals surface area contributed by atoms with Gasteiger partial charge in [-0.05, 0) is 6.07 Å². The quantitative estimate of drug-likeness (QED) is 0.777. The van der Waals surface area contributed by atoms with Gasteiger partial charge < -0.3 is 4.42 Å². The molecular formula is C11H11FO3S. The second-order valence-corrected chi connectivity index (χ2v) is 4.90. The molecule has 0 spiro atoms. The van der Waals surface area contributed by atoms with Gasteiger partial charge in [0.25, 0.3) is 0 Å². The van der Waals surface area contributed by atoms with E-state index >= 15 is 0 Å². The van der Waals surface area contributed by atoms with Crippen LogP contribution in [0, 0.1) is 0 Å². The first-order valence-electron chi connectivity index (χ1n) is 4.93. The molecule has 0 aliphatic heterocycles. The maximum atomic E-state index is 12.7. The zero-order valence-corrected chi connectivity index (χ0v) is 9.55. The standard InChI is InChI=1S/C11H11FO3S/c1-2-10-9(7-16(12,13)14)8-5-3-4-6-11(8)15-10/h3-6H,2,7H2,1H3. The van der Waals surface area contributed by atoms with Gasteiger partial charge in [-0.15, -0.1) is 3.89 Å². The highest BCUT2D eigenvalue weighted by Crippen LogP contribution is 2.28. The number of hydrogen-bond donors (Lipinski definition) is 0. The second-order valence-electron chi connectivity index (χ2n) is 3.54. The van der Waals surface area contributed by atoms with Crippen molar-refractivity contribution in [3.05, 3.63) is 35.6 Å². The molecule has 0 amide bonds. The lowest BCUT2D eigenvalue weighted by molar-refractivity contribution is 0.540. The lowest BCUT2D eigenvalue weighted by Gasteiger charge is -1.96. The van der Waals surface area contributed by atoms with E-state index in [0.717, 1.165) is 0 Å². The topological polar surface area (TPSA) is 47.3 Å². The third kappa shape index (κ3) is 2.09. The van der Waals surface area contributed by atoms with Crippen LogP contribution in [0.2, 0.25) is 0 Å². The zero-order valence-electron chi connectivity index (χ0n) is 8.73. The van der Waals surface area contributed by atoms with E-state index in [1.54, 1.807) is 24.3 Å². The molecule has 0 unspecified atom stereocenters. The molecule has 0 aliphatic carbocycles. The normalized spacial score (nSPS) is 12.1. The summed E-state index contributed by atoms with van der Waals surface area (Å²) in [5.74, 6) is -0.0878. The Hall–Kier alpha value is -1.36. The molecule has 1 aromatic carbocycles. The second kappa shape index (κ2) is 3.90. The largest absolute Gasteiger partial charge is 0.461 e. The number of para-hydroxylation sites is 1. The maximum absolute atomic E-state index is 12.7. The van der Waals surface area contributed by atoms with Crippen LogP contribution in [0.15, 0.2) is 28.7 Å². The molecule has 5 heteroatoms. The predicted molar refractivity (Wildman–Crippen MR) is 59.3 cm³/mol. The van der Waals surface area contributed by atoms with E-state index in [0.29, 0.717) is 28.7 Å². The Morgan fingerprint density at radius 1 is 1.31 bits per heavy atom. The van der Waals surface area contributed by atoms with Gasteiger partial charge >= 0.3 is 10.2 Å². The molecular weight excluding hydrogens is 231 g/mol. The fourth-order valence-corrected chi connectivity index (χ4v) is 2.43. The Morgan fingerprint density at radius 2 is 2.00 bits per heavy atom. The van der Waals surface area contributed by atoms with Gasteiger partial charge in [-0.1, -0.05) is 25.1 Å². The average molecular weight is 242 g/mol. The van der Waals surface area contributed by atoms with E-state index in [4.69, 9.17) is 4.42 Å². The number of hydrogen-bond acceptors (Lipinski definition) is 3. The Bertz CT molecular complexity index is 613. The Labute approximate surface area is 93.1 Å². The molecule has 0 saturated carbocycles. The van der Waals surface area contributed by atoms with Crippen LogP contribution >= 0.6 is 0 Å². The minimum Gasteiger partial charge on any atom is -0.461 e. The first kappa shape index (κ1) is 11.1. The van der Waals surface area contributed by atoms with E-state index in [9.17, 15) is 12.3 Å². The zero-order chi connectivity index (χ0) is 11.8. The van der Waals surface area contributed by atoms with E-state index < -0.39 is 16.0 Å². The van der Waals surface area contributed by atoms with Gasteiger partial charge in [0.15, 0.2) is 0 Å². The van der Waals surface area contributed by atoms with Crippen LogP contribution in [0.5, 0.6) is 0 Å². The van der Waals surface area contributed by atoms with Crippen molar-refractivity contribution in [2.24, 2.45) is 0 Å². The van der Waals surface area contributed by atoms with Gasteiger partial charge in [0.2, 0.25) is 0 Å². The van der Waals surface area contributed by atoms with E-state index in [1.807, 2.05) is 6.92 Å². The summed E-state index contributed by atoms with van der Waals surface area (Å²) in [6, 6.07) is 7.03. The molecule has 2 rings (SSSR count). The van der Waals surface area contributed by atoms with Crippen LogP contribution in [0.4, 0.5) is 3.89 Å². The third-order valence-electron chi connectivity index (χ3n) is 2.42. The third-order valence-corrected chi connectivity index (χ3v) is 3.05. The number of aryl methyl sites for hydroxylation is 1. The van der Waals surface area contributed by atoms with Crippen LogP contribution in [0.1, 0.15) is 18.2 Å². The summed E-state index contributed by atoms with van der Waals surface area (Å²) in [5, 5.41) is 0.667. The summed E-state index contributed by atoms with van der Waals surface area (Å²) in [7, 11) is -4.53. The summed E-state index contributed by atoms with van der Waals surface area (Å²) < 4.78 is 39.6. The van der Waals surface area contributed by atoms with Crippen molar-refractivity contribution < 1.29 is 16.7 Å². The summed E-state index contributed by atoms with van der Waals surface area (Å²) in [6.07, 6.45) is 0.541. The number of furan rings is 1. The maximum Gasteiger partial charge on any atom is 0.306 e. The minimum atomic E-state index is -4.53. The molecule has 2 aromatic rings. The average Bonchev–Trinajstić information content (AvgIpc) is 2.55. The molecule has 0 saturated heterocycles. The first-order chi connectivity index (χ1) is 7.51. The summed E-state index contributed by atoms with van der Waals surface area (Å²) in [6.45, 7) is 1.84. The van der Waals surface area contributed by atoms with Crippen molar-refractivity contribution in [2.75, 3.05) is 0 Å². The summed E-state index contributed by atoms with van der Waals surface area (Å²) in [4.78, 5) is 0. The molecule has 16 heavy (non-hydrogen) atoms. The Balaban J connectivity index is 2.65. The van der Waals surface area contributed by atoms with Gasteiger partial charge in [-0.2, -0.15) is 8.42 Å². The predicted octanol–water partition coefficient (Wildman–Crippen LogP) is 2.79. The van der Waals surface area contributed by atoms with Crippen LogP contribution in [0.3, 0.4) is 0 Å². The van der Waals surface area contributed by atoms with Crippen molar-refractivity contribution in [1.82, 2.24) is 0 Å². The molecule has 1 heterocycles. The van der Waals surface area contributed by atoms with Crippen LogP contribution in [-0.2, 0) is 22.4 Å². The molecule has 0 radical (unpaired) electrons. The highest BCUT2D eigenvalue weighted by atomic mass is 32.3. The van der Waals surface area contributed by atoms with Gasteiger partial charge in [0, 0.05) is 17.4 Å². The molecule has 0 bridgehead atoms. The van der Waals surface area contributed by atoms with Crippen molar-refractivity contribution >= 4 is 21.2 Å². The van der Waals surface area contributed by atoms with Gasteiger partial charge in [0.1, 0.15) is 17.1 Å². The number of benzene rings is 1. The van der Waals surface area contributed by atoms with E-state index in [2.05, 4.69) is 0 Å². The molecule has 0 aliphatic rings. The van der Waals surface area contributed by atoms with E-state index in [1.165, 1.54) is 0 Å². The molecule has 0 N–H and O–H groups in total. The lowest BCUT2D eigenvalue weighted by Crippen LogP contribution is -1.98. The van der Waals surface area contributed by atoms with Crippen molar-refractivity contribution in [1.29, 1.82) is 0 Å². The lowest BCUT2D eigenvalue weighted by atomic mass is 10.1. The van der Waals surface area contributed by atoms with Crippen LogP contribution < -0.4 is 0 Å². The smallest absolute Gasteiger partial charge is 0.306 e. The molecule has 1 aromatic heterocycles. The fraction of sp³-hybridized carbons (Fsp3) is 0.273. The Kier molecular flexibility index (Phi) is 2.71. The van der Waals surface area contributed by atoms with Crippen LogP contribution in [-0.4, -0.2) is 8.42 Å². The molecule has 0 atom stereocenters.